The Morgan fingerprint density at radius 2 is 1.75 bits per heavy atom. The molecule has 0 radical (unpaired) electrons. The van der Waals surface area contributed by atoms with Crippen molar-refractivity contribution in [2.75, 3.05) is 11.5 Å². The second-order valence-electron chi connectivity index (χ2n) is 6.00. The smallest absolute Gasteiger partial charge is 0.335 e. The Kier molecular flexibility index (Phi) is 5.72. The Morgan fingerprint density at radius 1 is 1.07 bits per heavy atom. The number of benzene rings is 2. The van der Waals surface area contributed by atoms with Gasteiger partial charge in [0.2, 0.25) is 0 Å². The first-order chi connectivity index (χ1) is 13.3. The van der Waals surface area contributed by atoms with E-state index in [1.807, 2.05) is 6.92 Å². The van der Waals surface area contributed by atoms with Crippen LogP contribution in [0.1, 0.15) is 18.1 Å². The van der Waals surface area contributed by atoms with Crippen LogP contribution in [0.25, 0.3) is 6.08 Å². The monoisotopic (exact) mass is 418 g/mol. The molecule has 0 aliphatic carbocycles. The van der Waals surface area contributed by atoms with Gasteiger partial charge < -0.3 is 4.74 Å². The summed E-state index contributed by atoms with van der Waals surface area (Å²) in [5.74, 6) is -1.10. The van der Waals surface area contributed by atoms with Gasteiger partial charge in [0.15, 0.2) is 0 Å². The molecule has 0 atom stereocenters. The third-order valence-corrected chi connectivity index (χ3v) is 4.56. The summed E-state index contributed by atoms with van der Waals surface area (Å²) in [6.07, 6.45) is 1.36. The fourth-order valence-corrected chi connectivity index (χ4v) is 3.12. The minimum Gasteiger partial charge on any atom is -0.493 e. The summed E-state index contributed by atoms with van der Waals surface area (Å²) in [5.41, 5.74) is 1.18. The van der Waals surface area contributed by atoms with Gasteiger partial charge in [-0.2, -0.15) is 0 Å². The predicted molar refractivity (Wildman–Crippen MR) is 108 cm³/mol. The van der Waals surface area contributed by atoms with Crippen LogP contribution >= 0.6 is 23.2 Å². The highest BCUT2D eigenvalue weighted by molar-refractivity contribution is 6.40. The lowest BCUT2D eigenvalue weighted by molar-refractivity contribution is -0.122. The Morgan fingerprint density at radius 3 is 2.46 bits per heavy atom. The van der Waals surface area contributed by atoms with Crippen LogP contribution in [0.4, 0.5) is 10.5 Å². The first-order valence-corrected chi connectivity index (χ1v) is 9.17. The fourth-order valence-electron chi connectivity index (χ4n) is 2.77. The second kappa shape index (κ2) is 8.04. The molecule has 1 aliphatic heterocycles. The molecule has 4 amide bonds. The van der Waals surface area contributed by atoms with Gasteiger partial charge in [-0.1, -0.05) is 29.3 Å². The van der Waals surface area contributed by atoms with E-state index in [-0.39, 0.29) is 5.57 Å². The zero-order valence-electron chi connectivity index (χ0n) is 15.1. The van der Waals surface area contributed by atoms with Gasteiger partial charge in [0.1, 0.15) is 11.3 Å². The average molecular weight is 419 g/mol. The van der Waals surface area contributed by atoms with E-state index in [0.717, 1.165) is 4.90 Å². The lowest BCUT2D eigenvalue weighted by Crippen LogP contribution is -2.54. The number of nitrogens with zero attached hydrogens (tertiary/aromatic N) is 1. The van der Waals surface area contributed by atoms with E-state index in [9.17, 15) is 14.4 Å². The van der Waals surface area contributed by atoms with Crippen LogP contribution in [0.3, 0.4) is 0 Å². The normalized spacial score (nSPS) is 15.8. The van der Waals surface area contributed by atoms with Crippen LogP contribution in [-0.2, 0) is 9.59 Å². The molecule has 2 aromatic carbocycles. The molecule has 0 spiro atoms. The SMILES string of the molecule is CCOc1ccc(Cl)cc1/C=C1\C(=O)NC(=O)N(c2cc(Cl)ccc2C)C1=O. The molecule has 2 aromatic rings. The van der Waals surface area contributed by atoms with E-state index >= 15 is 0 Å². The number of urea groups is 1. The van der Waals surface area contributed by atoms with Gasteiger partial charge in [-0.15, -0.1) is 0 Å². The third-order valence-electron chi connectivity index (χ3n) is 4.09. The van der Waals surface area contributed by atoms with E-state index in [4.69, 9.17) is 27.9 Å². The summed E-state index contributed by atoms with van der Waals surface area (Å²) in [5, 5.41) is 2.96. The first kappa shape index (κ1) is 19.9. The van der Waals surface area contributed by atoms with E-state index in [1.165, 1.54) is 12.1 Å². The maximum atomic E-state index is 13.0. The Bertz CT molecular complexity index is 1020. The number of rotatable bonds is 4. The van der Waals surface area contributed by atoms with Crippen molar-refractivity contribution in [3.63, 3.8) is 0 Å². The van der Waals surface area contributed by atoms with Crippen molar-refractivity contribution in [1.29, 1.82) is 0 Å². The lowest BCUT2D eigenvalue weighted by atomic mass is 10.0. The van der Waals surface area contributed by atoms with Gasteiger partial charge >= 0.3 is 6.03 Å². The number of carbonyl (C=O) groups excluding carboxylic acids is 3. The second-order valence-corrected chi connectivity index (χ2v) is 6.88. The molecule has 1 aliphatic rings. The Labute approximate surface area is 171 Å². The average Bonchev–Trinajstić information content (AvgIpc) is 2.63. The molecule has 144 valence electrons. The largest absolute Gasteiger partial charge is 0.493 e. The van der Waals surface area contributed by atoms with Crippen LogP contribution in [0, 0.1) is 6.92 Å². The summed E-state index contributed by atoms with van der Waals surface area (Å²) in [7, 11) is 0. The van der Waals surface area contributed by atoms with Gasteiger partial charge in [-0.3, -0.25) is 14.9 Å². The zero-order valence-corrected chi connectivity index (χ0v) is 16.6. The quantitative estimate of drug-likeness (QED) is 0.590. The van der Waals surface area contributed by atoms with Crippen molar-refractivity contribution < 1.29 is 19.1 Å². The molecular formula is C20H16Cl2N2O4. The molecule has 3 rings (SSSR count). The maximum absolute atomic E-state index is 13.0. The molecule has 1 N–H and O–H groups in total. The van der Waals surface area contributed by atoms with Crippen molar-refractivity contribution in [1.82, 2.24) is 5.32 Å². The van der Waals surface area contributed by atoms with Crippen LogP contribution < -0.4 is 15.0 Å². The minimum atomic E-state index is -0.839. The number of anilines is 1. The molecular weight excluding hydrogens is 403 g/mol. The number of aryl methyl sites for hydroxylation is 1. The van der Waals surface area contributed by atoms with Crippen LogP contribution in [0.5, 0.6) is 5.75 Å². The summed E-state index contributed by atoms with van der Waals surface area (Å²) < 4.78 is 5.53. The van der Waals surface area contributed by atoms with Crippen molar-refractivity contribution in [2.24, 2.45) is 0 Å². The van der Waals surface area contributed by atoms with Gasteiger partial charge in [-0.05, 0) is 55.8 Å². The van der Waals surface area contributed by atoms with Crippen molar-refractivity contribution in [3.05, 3.63) is 63.1 Å². The lowest BCUT2D eigenvalue weighted by Gasteiger charge is -2.27. The predicted octanol–water partition coefficient (Wildman–Crippen LogP) is 4.37. The number of imide groups is 2. The Hall–Kier alpha value is -2.83. The maximum Gasteiger partial charge on any atom is 0.335 e. The number of hydrogen-bond donors (Lipinski definition) is 1. The summed E-state index contributed by atoms with van der Waals surface area (Å²) in [6.45, 7) is 3.94. The number of halogens is 2. The summed E-state index contributed by atoms with van der Waals surface area (Å²) >= 11 is 12.1. The van der Waals surface area contributed by atoms with Gasteiger partial charge in [0.25, 0.3) is 11.8 Å². The van der Waals surface area contributed by atoms with Crippen molar-refractivity contribution >= 4 is 52.8 Å². The number of amides is 4. The minimum absolute atomic E-state index is 0.220. The number of nitrogens with one attached hydrogen (secondary N) is 1. The molecule has 6 nitrogen and oxygen atoms in total. The zero-order chi connectivity index (χ0) is 20.4. The van der Waals surface area contributed by atoms with E-state index < -0.39 is 17.8 Å². The van der Waals surface area contributed by atoms with Gasteiger partial charge in [0.05, 0.1) is 12.3 Å². The van der Waals surface area contributed by atoms with Crippen molar-refractivity contribution in [2.45, 2.75) is 13.8 Å². The summed E-state index contributed by atoms with van der Waals surface area (Å²) in [4.78, 5) is 38.6. The van der Waals surface area contributed by atoms with E-state index in [2.05, 4.69) is 5.32 Å². The molecule has 1 fully saturated rings. The Balaban J connectivity index is 2.09. The molecule has 0 bridgehead atoms. The number of carbonyl (C=O) groups is 3. The molecule has 0 unspecified atom stereocenters. The number of hydrogen-bond acceptors (Lipinski definition) is 4. The third kappa shape index (κ3) is 3.88. The number of barbiturate groups is 1. The van der Waals surface area contributed by atoms with Crippen LogP contribution in [0.15, 0.2) is 42.0 Å². The van der Waals surface area contributed by atoms with E-state index in [1.54, 1.807) is 37.3 Å². The molecule has 1 saturated heterocycles. The standard InChI is InChI=1S/C20H16Cl2N2O4/c1-3-28-17-7-6-13(21)8-12(17)9-15-18(25)23-20(27)24(19(15)26)16-10-14(22)5-4-11(16)2/h4-10H,3H2,1-2H3,(H,23,25,27)/b15-9+. The van der Waals surface area contributed by atoms with E-state index in [0.29, 0.717) is 39.2 Å². The molecule has 1 heterocycles. The van der Waals surface area contributed by atoms with Gasteiger partial charge in [-0.25, -0.2) is 9.69 Å². The highest BCUT2D eigenvalue weighted by Gasteiger charge is 2.37. The van der Waals surface area contributed by atoms with Gasteiger partial charge in [0, 0.05) is 15.6 Å². The summed E-state index contributed by atoms with van der Waals surface area (Å²) in [6, 6.07) is 8.85. The molecule has 28 heavy (non-hydrogen) atoms. The number of ether oxygens (including phenoxy) is 1. The molecule has 8 heteroatoms. The topological polar surface area (TPSA) is 75.7 Å². The van der Waals surface area contributed by atoms with Crippen molar-refractivity contribution in [3.8, 4) is 5.75 Å². The van der Waals surface area contributed by atoms with Crippen LogP contribution in [-0.4, -0.2) is 24.5 Å². The fraction of sp³-hybridized carbons (Fsp3) is 0.150. The van der Waals surface area contributed by atoms with Crippen LogP contribution in [0.2, 0.25) is 10.0 Å². The molecule has 0 aromatic heterocycles. The molecule has 0 saturated carbocycles. The first-order valence-electron chi connectivity index (χ1n) is 8.41. The highest BCUT2D eigenvalue weighted by atomic mass is 35.5. The highest BCUT2D eigenvalue weighted by Crippen LogP contribution is 2.30.